The molecule has 0 aliphatic carbocycles. The summed E-state index contributed by atoms with van der Waals surface area (Å²) in [5.41, 5.74) is 5.61. The minimum Gasteiger partial charge on any atom is -0.545 e. The van der Waals surface area contributed by atoms with Crippen LogP contribution in [0.4, 0.5) is 0 Å². The number of ether oxygens (including phenoxy) is 2. The van der Waals surface area contributed by atoms with Gasteiger partial charge in [0.1, 0.15) is 23.0 Å². The van der Waals surface area contributed by atoms with Crippen molar-refractivity contribution in [3.8, 4) is 23.0 Å². The molecule has 6 nitrogen and oxygen atoms in total. The first-order valence-corrected chi connectivity index (χ1v) is 12.6. The summed E-state index contributed by atoms with van der Waals surface area (Å²) in [5, 5.41) is 22.8. The predicted octanol–water partition coefficient (Wildman–Crippen LogP) is 4.24. The van der Waals surface area contributed by atoms with Gasteiger partial charge in [0, 0.05) is 35.1 Å². The van der Waals surface area contributed by atoms with E-state index in [1.807, 2.05) is 74.5 Å². The summed E-state index contributed by atoms with van der Waals surface area (Å²) in [6.45, 7) is 3.87. The Bertz CT molecular complexity index is 1440. The zero-order chi connectivity index (χ0) is 26.8. The van der Waals surface area contributed by atoms with Gasteiger partial charge in [-0.1, -0.05) is 62.4 Å². The Hall–Kier alpha value is -3.79. The fourth-order valence-corrected chi connectivity index (χ4v) is 5.11. The number of aromatic carboxylic acids is 2. The van der Waals surface area contributed by atoms with Gasteiger partial charge in [-0.2, -0.15) is 0 Å². The van der Waals surface area contributed by atoms with Crippen molar-refractivity contribution in [1.82, 2.24) is 0 Å². The van der Waals surface area contributed by atoms with Crippen LogP contribution < -0.4 is 19.7 Å². The average molecular weight is 634 g/mol. The molecule has 0 saturated heterocycles. The molecule has 4 radical (unpaired) electrons. The third-order valence-corrected chi connectivity index (χ3v) is 7.00. The fourth-order valence-electron chi connectivity index (χ4n) is 5.11. The second-order valence-electron chi connectivity index (χ2n) is 9.21. The minimum atomic E-state index is -1.13. The van der Waals surface area contributed by atoms with Crippen molar-refractivity contribution in [3.63, 3.8) is 0 Å². The van der Waals surface area contributed by atoms with E-state index in [0.29, 0.717) is 37.2 Å². The largest absolute Gasteiger partial charge is 2.00 e. The molecule has 2 aliphatic heterocycles. The second-order valence-corrected chi connectivity index (χ2v) is 9.21. The quantitative estimate of drug-likeness (QED) is 0.270. The van der Waals surface area contributed by atoms with E-state index in [1.165, 1.54) is 0 Å². The summed E-state index contributed by atoms with van der Waals surface area (Å²) in [5.74, 6) is 0.575. The maximum atomic E-state index is 11.4. The first kappa shape index (κ1) is 28.2. The summed E-state index contributed by atoms with van der Waals surface area (Å²) >= 11 is 0. The van der Waals surface area contributed by atoms with Crippen LogP contribution in [0.3, 0.4) is 0 Å². The summed E-state index contributed by atoms with van der Waals surface area (Å²) in [4.78, 5) is 22.8. The normalized spacial score (nSPS) is 11.9. The molecule has 2 heterocycles. The van der Waals surface area contributed by atoms with Crippen LogP contribution in [0.25, 0.3) is 0 Å². The molecule has 7 heteroatoms. The number of rotatable bonds is 4. The molecule has 0 spiro atoms. The van der Waals surface area contributed by atoms with E-state index < -0.39 is 11.9 Å². The standard InChI is InChI=1S/2C16H14O3.Te/c2*1-2-10-7-8-14-12(15(10)16(17)18)9-11-5-3-4-6-13(11)19-14;/h2*3-8H,2,9H2,1H3,(H,17,18);/q;;+2/p-2. The molecular formula is C32H26O6Te. The van der Waals surface area contributed by atoms with Crippen LogP contribution in [0.1, 0.15) is 67.9 Å². The number of aryl methyl sites for hydroxylation is 2. The van der Waals surface area contributed by atoms with Crippen molar-refractivity contribution >= 4 is 35.6 Å². The van der Waals surface area contributed by atoms with Crippen LogP contribution >= 0.6 is 0 Å². The number of hydrogen-bond donors (Lipinski definition) is 0. The molecule has 0 saturated carbocycles. The van der Waals surface area contributed by atoms with Crippen molar-refractivity contribution in [2.45, 2.75) is 39.5 Å². The molecule has 0 amide bonds. The Kier molecular flexibility index (Phi) is 8.64. The van der Waals surface area contributed by atoms with Gasteiger partial charge in [-0.05, 0) is 59.4 Å². The molecule has 0 unspecified atom stereocenters. The Morgan fingerprint density at radius 3 is 1.36 bits per heavy atom. The van der Waals surface area contributed by atoms with Crippen molar-refractivity contribution < 1.29 is 29.3 Å². The van der Waals surface area contributed by atoms with Gasteiger partial charge >= 0.3 is 23.7 Å². The predicted molar refractivity (Wildman–Crippen MR) is 145 cm³/mol. The minimum absolute atomic E-state index is 0. The van der Waals surface area contributed by atoms with E-state index in [0.717, 1.165) is 44.9 Å². The van der Waals surface area contributed by atoms with Crippen LogP contribution in [-0.4, -0.2) is 35.6 Å². The Morgan fingerprint density at radius 1 is 0.615 bits per heavy atom. The van der Waals surface area contributed by atoms with Gasteiger partial charge in [0.15, 0.2) is 0 Å². The zero-order valence-electron chi connectivity index (χ0n) is 21.6. The van der Waals surface area contributed by atoms with Gasteiger partial charge in [0.05, 0.1) is 11.9 Å². The number of fused-ring (bicyclic) bond motifs is 4. The molecule has 4 aromatic rings. The third-order valence-electron chi connectivity index (χ3n) is 7.00. The molecule has 0 N–H and O–H groups in total. The average Bonchev–Trinajstić information content (AvgIpc) is 2.93. The molecule has 4 aromatic carbocycles. The zero-order valence-corrected chi connectivity index (χ0v) is 23.9. The monoisotopic (exact) mass is 636 g/mol. The molecule has 0 bridgehead atoms. The molecule has 0 aromatic heterocycles. The summed E-state index contributed by atoms with van der Waals surface area (Å²) < 4.78 is 11.6. The van der Waals surface area contributed by atoms with Gasteiger partial charge < -0.3 is 29.3 Å². The van der Waals surface area contributed by atoms with Crippen LogP contribution in [0, 0.1) is 0 Å². The number of carboxylic acids is 2. The van der Waals surface area contributed by atoms with Gasteiger partial charge in [0.2, 0.25) is 0 Å². The number of para-hydroxylation sites is 2. The van der Waals surface area contributed by atoms with E-state index in [1.54, 1.807) is 12.1 Å². The molecule has 0 atom stereocenters. The summed E-state index contributed by atoms with van der Waals surface area (Å²) in [7, 11) is 0. The molecule has 196 valence electrons. The van der Waals surface area contributed by atoms with Crippen LogP contribution in [0.15, 0.2) is 72.8 Å². The first-order chi connectivity index (χ1) is 18.4. The number of carbonyl (C=O) groups excluding carboxylic acids is 2. The summed E-state index contributed by atoms with van der Waals surface area (Å²) in [6.07, 6.45) is 2.47. The van der Waals surface area contributed by atoms with Crippen LogP contribution in [0.5, 0.6) is 23.0 Å². The third kappa shape index (κ3) is 5.52. The van der Waals surface area contributed by atoms with E-state index >= 15 is 0 Å². The Morgan fingerprint density at radius 2 is 1.00 bits per heavy atom. The topological polar surface area (TPSA) is 98.7 Å². The van der Waals surface area contributed by atoms with Gasteiger partial charge in [-0.3, -0.25) is 0 Å². The number of carbonyl (C=O) groups is 2. The van der Waals surface area contributed by atoms with Gasteiger partial charge in [0.25, 0.3) is 0 Å². The van der Waals surface area contributed by atoms with Crippen LogP contribution in [0.2, 0.25) is 0 Å². The molecule has 0 fully saturated rings. The van der Waals surface area contributed by atoms with Crippen LogP contribution in [-0.2, 0) is 25.7 Å². The molecular weight excluding hydrogens is 608 g/mol. The van der Waals surface area contributed by atoms with Gasteiger partial charge in [-0.25, -0.2) is 0 Å². The molecule has 6 rings (SSSR count). The Balaban J connectivity index is 0.000000176. The molecule has 39 heavy (non-hydrogen) atoms. The number of benzene rings is 4. The first-order valence-electron chi connectivity index (χ1n) is 12.6. The molecule has 2 aliphatic rings. The maximum Gasteiger partial charge on any atom is 2.00 e. The van der Waals surface area contributed by atoms with E-state index in [2.05, 4.69) is 0 Å². The van der Waals surface area contributed by atoms with E-state index in [9.17, 15) is 19.8 Å². The van der Waals surface area contributed by atoms with E-state index in [4.69, 9.17) is 9.47 Å². The maximum absolute atomic E-state index is 11.4. The number of carboxylic acid groups (broad SMARTS) is 2. The van der Waals surface area contributed by atoms with E-state index in [-0.39, 0.29) is 34.8 Å². The second kappa shape index (κ2) is 11.9. The smallest absolute Gasteiger partial charge is 0.545 e. The van der Waals surface area contributed by atoms with Crippen molar-refractivity contribution in [2.24, 2.45) is 0 Å². The summed E-state index contributed by atoms with van der Waals surface area (Å²) in [6, 6.07) is 22.7. The SMILES string of the molecule is CCc1ccc2c(c1C(=O)[O-])Cc1ccccc1O2.CCc1ccc2c(c1C(=O)[O-])Cc1ccccc1O2.[Te+2]. The fraction of sp³-hybridized carbons (Fsp3) is 0.188. The van der Waals surface area contributed by atoms with Crippen molar-refractivity contribution in [3.05, 3.63) is 117 Å². The van der Waals surface area contributed by atoms with Crippen molar-refractivity contribution in [1.29, 1.82) is 0 Å². The number of hydrogen-bond acceptors (Lipinski definition) is 6. The Labute approximate surface area is 244 Å². The van der Waals surface area contributed by atoms with Gasteiger partial charge in [-0.15, -0.1) is 0 Å². The van der Waals surface area contributed by atoms with Crippen molar-refractivity contribution in [2.75, 3.05) is 0 Å².